The van der Waals surface area contributed by atoms with Gasteiger partial charge in [-0.1, -0.05) is 0 Å². The number of hydrogen-bond donors (Lipinski definition) is 1. The van der Waals surface area contributed by atoms with Gasteiger partial charge in [-0.15, -0.1) is 0 Å². The van der Waals surface area contributed by atoms with Gasteiger partial charge < -0.3 is 10.5 Å². The van der Waals surface area contributed by atoms with Crippen molar-refractivity contribution in [3.63, 3.8) is 0 Å². The molecule has 0 aliphatic rings. The van der Waals surface area contributed by atoms with Crippen molar-refractivity contribution in [3.8, 4) is 11.5 Å². The molecule has 0 fully saturated rings. The van der Waals surface area contributed by atoms with Gasteiger partial charge in [0, 0.05) is 11.9 Å². The van der Waals surface area contributed by atoms with Gasteiger partial charge in [-0.2, -0.15) is 0 Å². The van der Waals surface area contributed by atoms with Crippen molar-refractivity contribution in [1.82, 2.24) is 0 Å². The lowest BCUT2D eigenvalue weighted by atomic mass is 10.2. The Balaban J connectivity index is 2.30. The summed E-state index contributed by atoms with van der Waals surface area (Å²) in [5.41, 5.74) is 5.37. The van der Waals surface area contributed by atoms with Gasteiger partial charge in [0.25, 0.3) is 6.43 Å². The van der Waals surface area contributed by atoms with Crippen molar-refractivity contribution in [1.29, 1.82) is 0 Å². The molecule has 0 saturated carbocycles. The predicted molar refractivity (Wildman–Crippen MR) is 75.4 cm³/mol. The first-order valence-electron chi connectivity index (χ1n) is 5.93. The van der Waals surface area contributed by atoms with Crippen molar-refractivity contribution in [2.24, 2.45) is 0 Å². The van der Waals surface area contributed by atoms with Crippen LogP contribution in [0.2, 0.25) is 0 Å². The molecule has 0 spiro atoms. The fraction of sp³-hybridized carbons (Fsp3) is 0.143. The summed E-state index contributed by atoms with van der Waals surface area (Å²) in [5, 5.41) is 0. The molecule has 0 aliphatic carbocycles. The van der Waals surface area contributed by atoms with E-state index >= 15 is 0 Å². The lowest BCUT2D eigenvalue weighted by Crippen LogP contribution is -1.97. The van der Waals surface area contributed by atoms with Crippen molar-refractivity contribution < 1.29 is 21.9 Å². The molecule has 0 aromatic heterocycles. The molecule has 0 radical (unpaired) electrons. The predicted octanol–water partition coefficient (Wildman–Crippen LogP) is 3.40. The normalized spacial score (nSPS) is 11.6. The quantitative estimate of drug-likeness (QED) is 0.878. The molecule has 0 aliphatic heterocycles. The minimum Gasteiger partial charge on any atom is -0.457 e. The van der Waals surface area contributed by atoms with Crippen LogP contribution in [0, 0.1) is 0 Å². The van der Waals surface area contributed by atoms with E-state index in [9.17, 15) is 17.2 Å². The smallest absolute Gasteiger partial charge is 0.267 e. The van der Waals surface area contributed by atoms with Crippen molar-refractivity contribution in [2.45, 2.75) is 11.3 Å². The van der Waals surface area contributed by atoms with Crippen LogP contribution in [0.3, 0.4) is 0 Å². The Morgan fingerprint density at radius 1 is 1.10 bits per heavy atom. The average Bonchev–Trinajstić information content (AvgIpc) is 2.40. The number of anilines is 1. The molecule has 0 heterocycles. The topological polar surface area (TPSA) is 69.4 Å². The van der Waals surface area contributed by atoms with Crippen LogP contribution >= 0.6 is 0 Å². The van der Waals surface area contributed by atoms with Crippen LogP contribution in [0.4, 0.5) is 14.5 Å². The molecule has 7 heteroatoms. The van der Waals surface area contributed by atoms with Gasteiger partial charge in [-0.25, -0.2) is 17.2 Å². The summed E-state index contributed by atoms with van der Waals surface area (Å²) < 4.78 is 53.9. The first-order chi connectivity index (χ1) is 9.77. The summed E-state index contributed by atoms with van der Waals surface area (Å²) in [6.45, 7) is 0. The number of halogens is 2. The molecule has 0 bridgehead atoms. The number of nitrogen functional groups attached to an aromatic ring is 1. The summed E-state index contributed by atoms with van der Waals surface area (Å²) in [6, 6.07) is 9.45. The maximum atomic E-state index is 12.9. The fourth-order valence-electron chi connectivity index (χ4n) is 1.71. The van der Waals surface area contributed by atoms with Gasteiger partial charge in [0.15, 0.2) is 9.84 Å². The zero-order valence-electron chi connectivity index (χ0n) is 11.1. The summed E-state index contributed by atoms with van der Waals surface area (Å²) in [4.78, 5) is 0.126. The monoisotopic (exact) mass is 313 g/mol. The van der Waals surface area contributed by atoms with Gasteiger partial charge in [0.2, 0.25) is 0 Å². The minimum atomic E-state index is -3.31. The first kappa shape index (κ1) is 15.2. The molecule has 2 N–H and O–H groups in total. The second kappa shape index (κ2) is 5.69. The SMILES string of the molecule is CS(=O)(=O)c1ccc(Oc2ccc(N)cc2C(F)F)cc1. The molecule has 4 nitrogen and oxygen atoms in total. The third-order valence-electron chi connectivity index (χ3n) is 2.75. The van der Waals surface area contributed by atoms with Crippen LogP contribution in [0.5, 0.6) is 11.5 Å². The molecule has 0 saturated heterocycles. The Labute approximate surface area is 121 Å². The number of sulfone groups is 1. The molecule has 21 heavy (non-hydrogen) atoms. The van der Waals surface area contributed by atoms with E-state index in [1.165, 1.54) is 36.4 Å². The zero-order chi connectivity index (χ0) is 15.6. The Kier molecular flexibility index (Phi) is 4.13. The Bertz CT molecular complexity index is 743. The largest absolute Gasteiger partial charge is 0.457 e. The van der Waals surface area contributed by atoms with Crippen LogP contribution in [-0.2, 0) is 9.84 Å². The molecule has 112 valence electrons. The van der Waals surface area contributed by atoms with Crippen LogP contribution in [0.25, 0.3) is 0 Å². The highest BCUT2D eigenvalue weighted by atomic mass is 32.2. The van der Waals surface area contributed by atoms with Crippen molar-refractivity contribution in [2.75, 3.05) is 12.0 Å². The van der Waals surface area contributed by atoms with Crippen LogP contribution < -0.4 is 10.5 Å². The fourth-order valence-corrected chi connectivity index (χ4v) is 2.34. The molecular weight excluding hydrogens is 300 g/mol. The lowest BCUT2D eigenvalue weighted by Gasteiger charge is -2.11. The molecule has 0 atom stereocenters. The Morgan fingerprint density at radius 3 is 2.24 bits per heavy atom. The summed E-state index contributed by atoms with van der Waals surface area (Å²) in [6.07, 6.45) is -1.64. The van der Waals surface area contributed by atoms with Gasteiger partial charge >= 0.3 is 0 Å². The summed E-state index contributed by atoms with van der Waals surface area (Å²) in [5.74, 6) is 0.236. The van der Waals surface area contributed by atoms with Crippen molar-refractivity contribution >= 4 is 15.5 Å². The second-order valence-electron chi connectivity index (χ2n) is 4.44. The molecule has 2 aromatic carbocycles. The van der Waals surface area contributed by atoms with E-state index in [-0.39, 0.29) is 27.6 Å². The van der Waals surface area contributed by atoms with E-state index < -0.39 is 16.3 Å². The van der Waals surface area contributed by atoms with Crippen molar-refractivity contribution in [3.05, 3.63) is 48.0 Å². The number of nitrogens with two attached hydrogens (primary N) is 1. The van der Waals surface area contributed by atoms with Crippen LogP contribution in [-0.4, -0.2) is 14.7 Å². The Morgan fingerprint density at radius 2 is 1.71 bits per heavy atom. The van der Waals surface area contributed by atoms with E-state index in [2.05, 4.69) is 0 Å². The molecule has 2 rings (SSSR count). The second-order valence-corrected chi connectivity index (χ2v) is 6.46. The molecule has 0 unspecified atom stereocenters. The van der Waals surface area contributed by atoms with E-state index in [0.29, 0.717) is 0 Å². The number of rotatable bonds is 4. The van der Waals surface area contributed by atoms with Gasteiger partial charge in [-0.3, -0.25) is 0 Å². The van der Waals surface area contributed by atoms with E-state index in [1.54, 1.807) is 0 Å². The summed E-state index contributed by atoms with van der Waals surface area (Å²) in [7, 11) is -3.31. The standard InChI is InChI=1S/C14H13F2NO3S/c1-21(18,19)11-5-3-10(4-6-11)20-13-7-2-9(17)8-12(13)14(15)16/h2-8,14H,17H2,1H3. The highest BCUT2D eigenvalue weighted by Crippen LogP contribution is 2.34. The number of ether oxygens (including phenoxy) is 1. The van der Waals surface area contributed by atoms with Gasteiger partial charge in [0.1, 0.15) is 11.5 Å². The number of hydrogen-bond acceptors (Lipinski definition) is 4. The third-order valence-corrected chi connectivity index (χ3v) is 3.88. The van der Waals surface area contributed by atoms with E-state index in [0.717, 1.165) is 12.3 Å². The maximum absolute atomic E-state index is 12.9. The van der Waals surface area contributed by atoms with Gasteiger partial charge in [0.05, 0.1) is 10.5 Å². The first-order valence-corrected chi connectivity index (χ1v) is 7.82. The zero-order valence-corrected chi connectivity index (χ0v) is 11.9. The average molecular weight is 313 g/mol. The third kappa shape index (κ3) is 3.69. The van der Waals surface area contributed by atoms with Crippen LogP contribution in [0.15, 0.2) is 47.4 Å². The highest BCUT2D eigenvalue weighted by Gasteiger charge is 2.15. The minimum absolute atomic E-state index is 0.0219. The number of benzene rings is 2. The lowest BCUT2D eigenvalue weighted by molar-refractivity contribution is 0.148. The highest BCUT2D eigenvalue weighted by molar-refractivity contribution is 7.90. The van der Waals surface area contributed by atoms with E-state index in [4.69, 9.17) is 10.5 Å². The molecular formula is C14H13F2NO3S. The maximum Gasteiger partial charge on any atom is 0.267 e. The van der Waals surface area contributed by atoms with E-state index in [1.807, 2.05) is 0 Å². The van der Waals surface area contributed by atoms with Gasteiger partial charge in [-0.05, 0) is 42.5 Å². The summed E-state index contributed by atoms with van der Waals surface area (Å²) >= 11 is 0. The Hall–Kier alpha value is -2.15. The number of alkyl halides is 2. The van der Waals surface area contributed by atoms with Crippen LogP contribution in [0.1, 0.15) is 12.0 Å². The molecule has 0 amide bonds. The molecule has 2 aromatic rings.